The molecule has 0 aromatic carbocycles. The van der Waals surface area contributed by atoms with Crippen LogP contribution in [0, 0.1) is 5.92 Å². The topological polar surface area (TPSA) is 86.3 Å². The van der Waals surface area contributed by atoms with Gasteiger partial charge in [0.1, 0.15) is 0 Å². The van der Waals surface area contributed by atoms with Gasteiger partial charge in [0.25, 0.3) is 0 Å². The molecule has 1 fully saturated rings. The Labute approximate surface area is 189 Å². The number of unbranched alkanes of at least 4 members (excludes halogenated alkanes) is 2. The maximum atomic E-state index is 12.4. The number of guanidine groups is 1. The number of amides is 2. The number of nitrogens with zero attached hydrogens (tertiary/aromatic N) is 3. The Morgan fingerprint density at radius 3 is 2.23 bits per heavy atom. The normalized spacial score (nSPS) is 14.8. The highest BCUT2D eigenvalue weighted by atomic mass is 16.5. The Kier molecular flexibility index (Phi) is 14.8. The molecule has 1 saturated heterocycles. The van der Waals surface area contributed by atoms with E-state index in [-0.39, 0.29) is 11.8 Å². The predicted octanol–water partition coefficient (Wildman–Crippen LogP) is 2.25. The van der Waals surface area contributed by atoms with Gasteiger partial charge in [-0.1, -0.05) is 20.3 Å². The first-order chi connectivity index (χ1) is 15.0. The summed E-state index contributed by atoms with van der Waals surface area (Å²) in [6, 6.07) is 0. The maximum Gasteiger partial charge on any atom is 0.222 e. The second-order valence-corrected chi connectivity index (χ2v) is 8.41. The van der Waals surface area contributed by atoms with Gasteiger partial charge in [0.15, 0.2) is 5.96 Å². The Balaban J connectivity index is 2.14. The summed E-state index contributed by atoms with van der Waals surface area (Å²) in [5, 5.41) is 6.61. The van der Waals surface area contributed by atoms with E-state index >= 15 is 0 Å². The van der Waals surface area contributed by atoms with Gasteiger partial charge in [0.05, 0.1) is 0 Å². The molecule has 1 heterocycles. The number of rotatable bonds is 14. The third kappa shape index (κ3) is 12.6. The Hall–Kier alpha value is -1.83. The predicted molar refractivity (Wildman–Crippen MR) is 126 cm³/mol. The monoisotopic (exact) mass is 439 g/mol. The second kappa shape index (κ2) is 16.8. The fraction of sp³-hybridized carbons (Fsp3) is 0.870. The zero-order valence-corrected chi connectivity index (χ0v) is 20.3. The smallest absolute Gasteiger partial charge is 0.222 e. The molecule has 8 heteroatoms. The lowest BCUT2D eigenvalue weighted by molar-refractivity contribution is -0.140. The molecule has 1 rings (SSSR count). The summed E-state index contributed by atoms with van der Waals surface area (Å²) < 4.78 is 5.33. The fourth-order valence-electron chi connectivity index (χ4n) is 3.47. The van der Waals surface area contributed by atoms with Crippen LogP contribution in [0.4, 0.5) is 0 Å². The summed E-state index contributed by atoms with van der Waals surface area (Å²) in [6.07, 6.45) is 5.02. The molecular weight excluding hydrogens is 394 g/mol. The first-order valence-electron chi connectivity index (χ1n) is 12.1. The van der Waals surface area contributed by atoms with E-state index in [1.54, 1.807) is 0 Å². The van der Waals surface area contributed by atoms with Crippen molar-refractivity contribution in [3.63, 3.8) is 0 Å². The van der Waals surface area contributed by atoms with Crippen molar-refractivity contribution in [3.05, 3.63) is 0 Å². The van der Waals surface area contributed by atoms with Crippen molar-refractivity contribution in [3.8, 4) is 0 Å². The lowest BCUT2D eigenvalue weighted by Gasteiger charge is -2.35. The highest BCUT2D eigenvalue weighted by molar-refractivity contribution is 5.79. The summed E-state index contributed by atoms with van der Waals surface area (Å²) in [6.45, 7) is 14.8. The van der Waals surface area contributed by atoms with Crippen LogP contribution in [0.1, 0.15) is 66.2 Å². The molecule has 0 aromatic heterocycles. The van der Waals surface area contributed by atoms with Crippen LogP contribution in [-0.2, 0) is 14.3 Å². The number of carbonyl (C=O) groups is 2. The van der Waals surface area contributed by atoms with Gasteiger partial charge in [0.2, 0.25) is 11.8 Å². The van der Waals surface area contributed by atoms with Gasteiger partial charge < -0.3 is 25.2 Å². The van der Waals surface area contributed by atoms with E-state index in [4.69, 9.17) is 4.74 Å². The number of hydrogen-bond acceptors (Lipinski definition) is 4. The Morgan fingerprint density at radius 1 is 0.935 bits per heavy atom. The van der Waals surface area contributed by atoms with Crippen molar-refractivity contribution in [2.24, 2.45) is 10.9 Å². The van der Waals surface area contributed by atoms with E-state index in [1.165, 1.54) is 0 Å². The highest BCUT2D eigenvalue weighted by Crippen LogP contribution is 2.10. The maximum absolute atomic E-state index is 12.4. The molecule has 0 atom stereocenters. The van der Waals surface area contributed by atoms with Gasteiger partial charge in [-0.05, 0) is 39.0 Å². The molecule has 0 aromatic rings. The average Bonchev–Trinajstić information content (AvgIpc) is 2.75. The van der Waals surface area contributed by atoms with E-state index < -0.39 is 0 Å². The van der Waals surface area contributed by atoms with Crippen molar-refractivity contribution < 1.29 is 14.3 Å². The minimum absolute atomic E-state index is 0.212. The molecule has 8 nitrogen and oxygen atoms in total. The molecule has 0 unspecified atom stereocenters. The van der Waals surface area contributed by atoms with Crippen LogP contribution in [0.25, 0.3) is 0 Å². The fourth-order valence-corrected chi connectivity index (χ4v) is 3.47. The number of carbonyl (C=O) groups excluding carboxylic acids is 2. The van der Waals surface area contributed by atoms with Crippen molar-refractivity contribution in [1.29, 1.82) is 0 Å². The summed E-state index contributed by atoms with van der Waals surface area (Å²) in [4.78, 5) is 32.9. The Bertz CT molecular complexity index is 531. The zero-order valence-electron chi connectivity index (χ0n) is 20.3. The summed E-state index contributed by atoms with van der Waals surface area (Å²) >= 11 is 0. The van der Waals surface area contributed by atoms with E-state index in [1.807, 2.05) is 16.7 Å². The highest BCUT2D eigenvalue weighted by Gasteiger charge is 2.23. The van der Waals surface area contributed by atoms with Crippen LogP contribution in [0.3, 0.4) is 0 Å². The molecule has 2 amide bonds. The average molecular weight is 440 g/mol. The van der Waals surface area contributed by atoms with Gasteiger partial charge in [-0.2, -0.15) is 0 Å². The standard InChI is InChI=1S/C23H45N5O3/c1-5-24-23(26-13-10-18-31-6-2)25-12-9-7-8-11-21(29)27-14-16-28(17-15-27)22(30)19-20(3)4/h20H,5-19H2,1-4H3,(H2,24,25,26). The summed E-state index contributed by atoms with van der Waals surface area (Å²) in [5.74, 6) is 1.65. The van der Waals surface area contributed by atoms with E-state index in [0.717, 1.165) is 64.5 Å². The quantitative estimate of drug-likeness (QED) is 0.246. The largest absolute Gasteiger partial charge is 0.382 e. The number of piperazine rings is 1. The van der Waals surface area contributed by atoms with Crippen LogP contribution < -0.4 is 10.6 Å². The van der Waals surface area contributed by atoms with Crippen LogP contribution in [0.15, 0.2) is 4.99 Å². The Morgan fingerprint density at radius 2 is 1.61 bits per heavy atom. The second-order valence-electron chi connectivity index (χ2n) is 8.41. The van der Waals surface area contributed by atoms with E-state index in [9.17, 15) is 9.59 Å². The zero-order chi connectivity index (χ0) is 22.9. The molecule has 0 spiro atoms. The lowest BCUT2D eigenvalue weighted by atomic mass is 10.1. The molecule has 1 aliphatic heterocycles. The van der Waals surface area contributed by atoms with E-state index in [2.05, 4.69) is 36.4 Å². The minimum atomic E-state index is 0.212. The number of hydrogen-bond donors (Lipinski definition) is 2. The van der Waals surface area contributed by atoms with Crippen molar-refractivity contribution >= 4 is 17.8 Å². The number of ether oxygens (including phenoxy) is 1. The minimum Gasteiger partial charge on any atom is -0.382 e. The summed E-state index contributed by atoms with van der Waals surface area (Å²) in [5.41, 5.74) is 0. The summed E-state index contributed by atoms with van der Waals surface area (Å²) in [7, 11) is 0. The number of aliphatic imine (C=N–C) groups is 1. The third-order valence-corrected chi connectivity index (χ3v) is 5.19. The number of nitrogens with one attached hydrogen (secondary N) is 2. The van der Waals surface area contributed by atoms with Gasteiger partial charge in [-0.15, -0.1) is 0 Å². The van der Waals surface area contributed by atoms with Crippen LogP contribution in [-0.4, -0.2) is 86.6 Å². The third-order valence-electron chi connectivity index (χ3n) is 5.19. The molecule has 180 valence electrons. The first kappa shape index (κ1) is 27.2. The molecule has 0 bridgehead atoms. The lowest BCUT2D eigenvalue weighted by Crippen LogP contribution is -2.50. The molecule has 1 aliphatic rings. The molecule has 0 aliphatic carbocycles. The van der Waals surface area contributed by atoms with Gasteiger partial charge in [0, 0.05) is 71.9 Å². The van der Waals surface area contributed by atoms with Crippen molar-refractivity contribution in [1.82, 2.24) is 20.4 Å². The van der Waals surface area contributed by atoms with Gasteiger partial charge in [-0.3, -0.25) is 14.6 Å². The van der Waals surface area contributed by atoms with Gasteiger partial charge in [-0.25, -0.2) is 0 Å². The van der Waals surface area contributed by atoms with Crippen molar-refractivity contribution in [2.45, 2.75) is 66.2 Å². The van der Waals surface area contributed by atoms with Crippen LogP contribution in [0.2, 0.25) is 0 Å². The van der Waals surface area contributed by atoms with Crippen molar-refractivity contribution in [2.75, 3.05) is 59.0 Å². The SMILES string of the molecule is CCNC(=NCCCOCC)NCCCCCC(=O)N1CCN(C(=O)CC(C)C)CC1. The van der Waals surface area contributed by atoms with Crippen LogP contribution >= 0.6 is 0 Å². The van der Waals surface area contributed by atoms with Gasteiger partial charge >= 0.3 is 0 Å². The van der Waals surface area contributed by atoms with E-state index in [0.29, 0.717) is 44.9 Å². The first-order valence-corrected chi connectivity index (χ1v) is 12.1. The molecule has 2 N–H and O–H groups in total. The molecule has 0 radical (unpaired) electrons. The van der Waals surface area contributed by atoms with Crippen LogP contribution in [0.5, 0.6) is 0 Å². The molecule has 31 heavy (non-hydrogen) atoms. The molecule has 0 saturated carbocycles. The molecular formula is C23H45N5O3.